The maximum atomic E-state index is 12.5. The van der Waals surface area contributed by atoms with E-state index in [1.165, 1.54) is 22.5 Å². The molecule has 0 spiro atoms. The zero-order valence-electron chi connectivity index (χ0n) is 18.5. The number of nitrogens with zero attached hydrogens (tertiary/aromatic N) is 1. The maximum Gasteiger partial charge on any atom is 0.303 e. The zero-order chi connectivity index (χ0) is 23.8. The maximum absolute atomic E-state index is 12.5. The lowest BCUT2D eigenvalue weighted by Gasteiger charge is -2.13. The number of hydrogen-bond donors (Lipinski definition) is 3. The molecule has 0 saturated carbocycles. The van der Waals surface area contributed by atoms with Gasteiger partial charge < -0.3 is 10.4 Å². The zero-order valence-corrected chi connectivity index (χ0v) is 19.3. The number of aryl methyl sites for hydroxylation is 1. The normalized spacial score (nSPS) is 10.6. The van der Waals surface area contributed by atoms with Crippen molar-refractivity contribution in [2.45, 2.75) is 25.8 Å². The van der Waals surface area contributed by atoms with E-state index in [0.29, 0.717) is 29.4 Å². The minimum absolute atomic E-state index is 0.0172. The van der Waals surface area contributed by atoms with Gasteiger partial charge in [-0.15, -0.1) is 11.3 Å². The number of aliphatic carboxylic acids is 1. The van der Waals surface area contributed by atoms with Crippen LogP contribution in [0.15, 0.2) is 84.2 Å². The van der Waals surface area contributed by atoms with Crippen LogP contribution in [0.5, 0.6) is 0 Å². The third kappa shape index (κ3) is 6.52. The Bertz CT molecular complexity index is 1250. The molecule has 6 nitrogen and oxygen atoms in total. The van der Waals surface area contributed by atoms with E-state index < -0.39 is 5.97 Å². The van der Waals surface area contributed by atoms with Gasteiger partial charge in [0.15, 0.2) is 5.13 Å². The second-order valence-corrected chi connectivity index (χ2v) is 8.72. The van der Waals surface area contributed by atoms with Gasteiger partial charge in [-0.2, -0.15) is 0 Å². The highest BCUT2D eigenvalue weighted by molar-refractivity contribution is 7.14. The smallest absolute Gasteiger partial charge is 0.303 e. The van der Waals surface area contributed by atoms with Crippen LogP contribution >= 0.6 is 11.3 Å². The van der Waals surface area contributed by atoms with Gasteiger partial charge >= 0.3 is 5.97 Å². The Balaban J connectivity index is 1.33. The summed E-state index contributed by atoms with van der Waals surface area (Å²) in [5.74, 6) is -1.11. The van der Waals surface area contributed by atoms with Crippen molar-refractivity contribution in [3.8, 4) is 0 Å². The molecule has 0 radical (unpaired) electrons. The summed E-state index contributed by atoms with van der Waals surface area (Å²) in [6.07, 6.45) is 1.22. The molecule has 0 bridgehead atoms. The highest BCUT2D eigenvalue weighted by atomic mass is 32.1. The Hall–Kier alpha value is -3.97. The van der Waals surface area contributed by atoms with Gasteiger partial charge in [-0.1, -0.05) is 60.7 Å². The van der Waals surface area contributed by atoms with E-state index in [0.717, 1.165) is 17.7 Å². The van der Waals surface area contributed by atoms with E-state index in [1.807, 2.05) is 24.3 Å². The predicted molar refractivity (Wildman–Crippen MR) is 135 cm³/mol. The predicted octanol–water partition coefficient (Wildman–Crippen LogP) is 5.62. The quantitative estimate of drug-likeness (QED) is 0.279. The molecule has 3 N–H and O–H groups in total. The molecule has 34 heavy (non-hydrogen) atoms. The van der Waals surface area contributed by atoms with Crippen molar-refractivity contribution in [3.63, 3.8) is 0 Å². The van der Waals surface area contributed by atoms with Crippen LogP contribution in [0.25, 0.3) is 0 Å². The first-order chi connectivity index (χ1) is 16.6. The van der Waals surface area contributed by atoms with Crippen LogP contribution in [0.1, 0.15) is 39.2 Å². The average molecular weight is 472 g/mol. The standard InChI is InChI=1S/C27H25N3O3S/c31-25(32)15-14-23-18-34-27(29-23)30-26(33)21-12-10-20(11-13-21)17-28-24-9-5-4-8-22(24)16-19-6-2-1-3-7-19/h1-13,18,28H,14-17H2,(H,31,32)(H,29,30,33). The summed E-state index contributed by atoms with van der Waals surface area (Å²) in [4.78, 5) is 27.5. The molecular formula is C27H25N3O3S. The number of para-hydroxylation sites is 1. The molecule has 4 aromatic rings. The fourth-order valence-electron chi connectivity index (χ4n) is 3.52. The van der Waals surface area contributed by atoms with Crippen LogP contribution in [-0.2, 0) is 24.2 Å². The van der Waals surface area contributed by atoms with Gasteiger partial charge in [-0.05, 0) is 41.3 Å². The summed E-state index contributed by atoms with van der Waals surface area (Å²) >= 11 is 1.29. The first kappa shape index (κ1) is 23.2. The molecule has 0 fully saturated rings. The average Bonchev–Trinajstić information content (AvgIpc) is 3.30. The largest absolute Gasteiger partial charge is 0.481 e. The van der Waals surface area contributed by atoms with E-state index >= 15 is 0 Å². The molecule has 0 aliphatic rings. The van der Waals surface area contributed by atoms with Crippen molar-refractivity contribution in [2.24, 2.45) is 0 Å². The fourth-order valence-corrected chi connectivity index (χ4v) is 4.26. The summed E-state index contributed by atoms with van der Waals surface area (Å²) in [6.45, 7) is 0.646. The van der Waals surface area contributed by atoms with Crippen LogP contribution < -0.4 is 10.6 Å². The monoisotopic (exact) mass is 471 g/mol. The van der Waals surface area contributed by atoms with Gasteiger partial charge in [0.1, 0.15) is 0 Å². The number of carbonyl (C=O) groups is 2. The van der Waals surface area contributed by atoms with Gasteiger partial charge in [0.2, 0.25) is 0 Å². The van der Waals surface area contributed by atoms with Crippen LogP contribution in [0, 0.1) is 0 Å². The minimum Gasteiger partial charge on any atom is -0.481 e. The van der Waals surface area contributed by atoms with E-state index in [9.17, 15) is 9.59 Å². The number of carboxylic acids is 1. The number of thiazole rings is 1. The van der Waals surface area contributed by atoms with Crippen LogP contribution in [-0.4, -0.2) is 22.0 Å². The van der Waals surface area contributed by atoms with Crippen molar-refractivity contribution in [2.75, 3.05) is 10.6 Å². The van der Waals surface area contributed by atoms with Crippen LogP contribution in [0.3, 0.4) is 0 Å². The topological polar surface area (TPSA) is 91.3 Å². The summed E-state index contributed by atoms with van der Waals surface area (Å²) in [6, 6.07) is 26.1. The minimum atomic E-state index is -0.868. The molecule has 1 heterocycles. The van der Waals surface area contributed by atoms with Gasteiger partial charge in [-0.3, -0.25) is 14.9 Å². The Morgan fingerprint density at radius 3 is 2.38 bits per heavy atom. The van der Waals surface area contributed by atoms with Crippen LogP contribution in [0.4, 0.5) is 10.8 Å². The number of amides is 1. The summed E-state index contributed by atoms with van der Waals surface area (Å²) < 4.78 is 0. The van der Waals surface area contributed by atoms with Crippen molar-refractivity contribution in [3.05, 3.63) is 112 Å². The molecule has 4 rings (SSSR count). The molecule has 3 aromatic carbocycles. The Kier molecular flexibility index (Phi) is 7.67. The number of benzene rings is 3. The third-order valence-corrected chi connectivity index (χ3v) is 6.13. The summed E-state index contributed by atoms with van der Waals surface area (Å²) in [5, 5.41) is 17.3. The molecule has 0 aliphatic heterocycles. The molecular weight excluding hydrogens is 446 g/mol. The van der Waals surface area contributed by atoms with E-state index in [4.69, 9.17) is 5.11 Å². The van der Waals surface area contributed by atoms with E-state index in [2.05, 4.69) is 58.1 Å². The lowest BCUT2D eigenvalue weighted by atomic mass is 10.0. The van der Waals surface area contributed by atoms with Gasteiger partial charge in [0.05, 0.1) is 12.1 Å². The number of carbonyl (C=O) groups excluding carboxylic acids is 1. The number of nitrogens with one attached hydrogen (secondary N) is 2. The van der Waals surface area contributed by atoms with E-state index in [-0.39, 0.29) is 12.3 Å². The number of anilines is 2. The number of hydrogen-bond acceptors (Lipinski definition) is 5. The Morgan fingerprint density at radius 1 is 0.882 bits per heavy atom. The second kappa shape index (κ2) is 11.2. The fraction of sp³-hybridized carbons (Fsp3) is 0.148. The second-order valence-electron chi connectivity index (χ2n) is 7.86. The highest BCUT2D eigenvalue weighted by Gasteiger charge is 2.10. The van der Waals surface area contributed by atoms with Gasteiger partial charge in [0, 0.05) is 29.6 Å². The van der Waals surface area contributed by atoms with Crippen molar-refractivity contribution in [1.82, 2.24) is 4.98 Å². The van der Waals surface area contributed by atoms with Gasteiger partial charge in [0.25, 0.3) is 5.91 Å². The Labute approximate surface area is 202 Å². The molecule has 0 aliphatic carbocycles. The molecule has 172 valence electrons. The molecule has 1 amide bonds. The molecule has 0 atom stereocenters. The summed E-state index contributed by atoms with van der Waals surface area (Å²) in [5.41, 5.74) is 5.86. The SMILES string of the molecule is O=C(O)CCc1csc(NC(=O)c2ccc(CNc3ccccc3Cc3ccccc3)cc2)n1. The molecule has 0 saturated heterocycles. The third-order valence-electron chi connectivity index (χ3n) is 5.32. The first-order valence-corrected chi connectivity index (χ1v) is 11.9. The van der Waals surface area contributed by atoms with Gasteiger partial charge in [-0.25, -0.2) is 4.98 Å². The first-order valence-electron chi connectivity index (χ1n) is 11.0. The number of carboxylic acid groups (broad SMARTS) is 1. The van der Waals surface area contributed by atoms with Crippen molar-refractivity contribution >= 4 is 34.0 Å². The van der Waals surface area contributed by atoms with Crippen molar-refractivity contribution in [1.29, 1.82) is 0 Å². The number of rotatable bonds is 10. The van der Waals surface area contributed by atoms with E-state index in [1.54, 1.807) is 17.5 Å². The molecule has 1 aromatic heterocycles. The lowest BCUT2D eigenvalue weighted by Crippen LogP contribution is -2.12. The lowest BCUT2D eigenvalue weighted by molar-refractivity contribution is -0.136. The Morgan fingerprint density at radius 2 is 1.62 bits per heavy atom. The molecule has 7 heteroatoms. The molecule has 0 unspecified atom stereocenters. The number of aromatic nitrogens is 1. The highest BCUT2D eigenvalue weighted by Crippen LogP contribution is 2.21. The van der Waals surface area contributed by atoms with Crippen LogP contribution in [0.2, 0.25) is 0 Å². The van der Waals surface area contributed by atoms with Crippen molar-refractivity contribution < 1.29 is 14.7 Å². The summed E-state index contributed by atoms with van der Waals surface area (Å²) in [7, 11) is 0.